The maximum absolute atomic E-state index is 13.8. The highest BCUT2D eigenvalue weighted by molar-refractivity contribution is 6.06. The van der Waals surface area contributed by atoms with Crippen LogP contribution >= 0.6 is 0 Å². The van der Waals surface area contributed by atoms with Gasteiger partial charge in [-0.1, -0.05) is 72.8 Å². The van der Waals surface area contributed by atoms with E-state index in [0.29, 0.717) is 6.42 Å². The standard InChI is InChI=1S/C24H23NO/c1-3-19-24(2,20-13-7-4-8-14-20)23(26)25(21-15-9-5-10-16-21)22-17-11-6-12-18-22/h3-18H,1,19H2,2H3. The first-order valence-electron chi connectivity index (χ1n) is 8.78. The monoisotopic (exact) mass is 341 g/mol. The molecule has 1 amide bonds. The van der Waals surface area contributed by atoms with Gasteiger partial charge in [0, 0.05) is 11.4 Å². The van der Waals surface area contributed by atoms with E-state index in [9.17, 15) is 4.79 Å². The summed E-state index contributed by atoms with van der Waals surface area (Å²) in [5, 5.41) is 0. The first-order valence-corrected chi connectivity index (χ1v) is 8.78. The molecule has 1 atom stereocenters. The topological polar surface area (TPSA) is 20.3 Å². The largest absolute Gasteiger partial charge is 0.280 e. The van der Waals surface area contributed by atoms with E-state index in [4.69, 9.17) is 0 Å². The number of allylic oxidation sites excluding steroid dienone is 1. The van der Waals surface area contributed by atoms with E-state index in [0.717, 1.165) is 16.9 Å². The average Bonchev–Trinajstić information content (AvgIpc) is 2.70. The molecule has 0 aliphatic rings. The Labute approximate surface area is 155 Å². The summed E-state index contributed by atoms with van der Waals surface area (Å²) >= 11 is 0. The predicted octanol–water partition coefficient (Wildman–Crippen LogP) is 5.89. The molecule has 0 saturated heterocycles. The van der Waals surface area contributed by atoms with Crippen LogP contribution in [0.15, 0.2) is 104 Å². The van der Waals surface area contributed by atoms with Crippen molar-refractivity contribution in [3.8, 4) is 0 Å². The van der Waals surface area contributed by atoms with Crippen LogP contribution in [0.25, 0.3) is 0 Å². The van der Waals surface area contributed by atoms with E-state index in [1.807, 2.05) is 104 Å². The summed E-state index contributed by atoms with van der Waals surface area (Å²) in [6, 6.07) is 29.5. The summed E-state index contributed by atoms with van der Waals surface area (Å²) in [7, 11) is 0. The Bertz CT molecular complexity index is 819. The molecule has 0 bridgehead atoms. The molecule has 2 heteroatoms. The highest BCUT2D eigenvalue weighted by Crippen LogP contribution is 2.36. The average molecular weight is 341 g/mol. The lowest BCUT2D eigenvalue weighted by Crippen LogP contribution is -2.43. The van der Waals surface area contributed by atoms with E-state index in [-0.39, 0.29) is 5.91 Å². The molecular weight excluding hydrogens is 318 g/mol. The second-order valence-corrected chi connectivity index (χ2v) is 6.50. The molecule has 0 radical (unpaired) electrons. The van der Waals surface area contributed by atoms with Crippen LogP contribution in [0.5, 0.6) is 0 Å². The van der Waals surface area contributed by atoms with Gasteiger partial charge in [-0.15, -0.1) is 6.58 Å². The molecule has 0 aromatic heterocycles. The molecule has 0 aliphatic heterocycles. The van der Waals surface area contributed by atoms with Gasteiger partial charge >= 0.3 is 0 Å². The number of anilines is 2. The Morgan fingerprint density at radius 2 is 1.27 bits per heavy atom. The quantitative estimate of drug-likeness (QED) is 0.512. The van der Waals surface area contributed by atoms with Gasteiger partial charge in [-0.05, 0) is 43.2 Å². The lowest BCUT2D eigenvalue weighted by atomic mass is 9.78. The Kier molecular flexibility index (Phi) is 5.33. The SMILES string of the molecule is C=CCC(C)(C(=O)N(c1ccccc1)c1ccccc1)c1ccccc1. The van der Waals surface area contributed by atoms with Crippen molar-refractivity contribution in [3.05, 3.63) is 109 Å². The molecule has 3 aromatic rings. The van der Waals surface area contributed by atoms with Crippen molar-refractivity contribution in [2.45, 2.75) is 18.8 Å². The van der Waals surface area contributed by atoms with Crippen molar-refractivity contribution in [2.24, 2.45) is 0 Å². The highest BCUT2D eigenvalue weighted by atomic mass is 16.2. The van der Waals surface area contributed by atoms with E-state index in [2.05, 4.69) is 6.58 Å². The van der Waals surface area contributed by atoms with E-state index < -0.39 is 5.41 Å². The van der Waals surface area contributed by atoms with Gasteiger partial charge in [0.1, 0.15) is 0 Å². The molecule has 130 valence electrons. The Morgan fingerprint density at radius 3 is 1.69 bits per heavy atom. The number of carbonyl (C=O) groups excluding carboxylic acids is 1. The fourth-order valence-electron chi connectivity index (χ4n) is 3.21. The molecule has 0 heterocycles. The second-order valence-electron chi connectivity index (χ2n) is 6.50. The zero-order valence-corrected chi connectivity index (χ0v) is 15.0. The fourth-order valence-corrected chi connectivity index (χ4v) is 3.21. The van der Waals surface area contributed by atoms with E-state index >= 15 is 0 Å². The lowest BCUT2D eigenvalue weighted by Gasteiger charge is -2.34. The number of rotatable bonds is 6. The molecular formula is C24H23NO. The van der Waals surface area contributed by atoms with Gasteiger partial charge in [0.15, 0.2) is 0 Å². The third-order valence-corrected chi connectivity index (χ3v) is 4.67. The normalized spacial score (nSPS) is 12.8. The molecule has 1 unspecified atom stereocenters. The predicted molar refractivity (Wildman–Crippen MR) is 109 cm³/mol. The molecule has 3 rings (SSSR count). The van der Waals surface area contributed by atoms with Crippen LogP contribution < -0.4 is 4.90 Å². The van der Waals surface area contributed by atoms with Crippen molar-refractivity contribution in [1.29, 1.82) is 0 Å². The fraction of sp³-hybridized carbons (Fsp3) is 0.125. The van der Waals surface area contributed by atoms with Crippen molar-refractivity contribution < 1.29 is 4.79 Å². The zero-order valence-electron chi connectivity index (χ0n) is 15.0. The first-order chi connectivity index (χ1) is 12.7. The minimum atomic E-state index is -0.700. The number of para-hydroxylation sites is 2. The lowest BCUT2D eigenvalue weighted by molar-refractivity contribution is -0.122. The molecule has 26 heavy (non-hydrogen) atoms. The Morgan fingerprint density at radius 1 is 0.846 bits per heavy atom. The summed E-state index contributed by atoms with van der Waals surface area (Å²) in [6.45, 7) is 5.88. The Balaban J connectivity index is 2.13. The van der Waals surface area contributed by atoms with Gasteiger partial charge in [0.2, 0.25) is 5.91 Å². The summed E-state index contributed by atoms with van der Waals surface area (Å²) < 4.78 is 0. The molecule has 0 fully saturated rings. The van der Waals surface area contributed by atoms with Crippen LogP contribution in [0, 0.1) is 0 Å². The molecule has 0 aliphatic carbocycles. The summed E-state index contributed by atoms with van der Waals surface area (Å²) in [5.74, 6) is 0.0287. The summed E-state index contributed by atoms with van der Waals surface area (Å²) in [5.41, 5.74) is 2.00. The van der Waals surface area contributed by atoms with Crippen molar-refractivity contribution in [3.63, 3.8) is 0 Å². The van der Waals surface area contributed by atoms with Crippen molar-refractivity contribution in [2.75, 3.05) is 4.90 Å². The van der Waals surface area contributed by atoms with Crippen LogP contribution in [-0.4, -0.2) is 5.91 Å². The van der Waals surface area contributed by atoms with Crippen LogP contribution in [0.4, 0.5) is 11.4 Å². The van der Waals surface area contributed by atoms with E-state index in [1.54, 1.807) is 4.90 Å². The molecule has 2 nitrogen and oxygen atoms in total. The van der Waals surface area contributed by atoms with Gasteiger partial charge in [-0.3, -0.25) is 9.69 Å². The van der Waals surface area contributed by atoms with Gasteiger partial charge < -0.3 is 0 Å². The number of benzene rings is 3. The minimum absolute atomic E-state index is 0.0287. The van der Waals surface area contributed by atoms with Crippen molar-refractivity contribution >= 4 is 17.3 Å². The van der Waals surface area contributed by atoms with Gasteiger partial charge in [-0.25, -0.2) is 0 Å². The zero-order chi connectivity index (χ0) is 18.4. The molecule has 0 saturated carbocycles. The van der Waals surface area contributed by atoms with Gasteiger partial charge in [0.05, 0.1) is 5.41 Å². The van der Waals surface area contributed by atoms with Crippen molar-refractivity contribution in [1.82, 2.24) is 0 Å². The molecule has 3 aromatic carbocycles. The number of hydrogen-bond donors (Lipinski definition) is 0. The summed E-state index contributed by atoms with van der Waals surface area (Å²) in [4.78, 5) is 15.6. The first kappa shape index (κ1) is 17.7. The van der Waals surface area contributed by atoms with Crippen LogP contribution in [0.1, 0.15) is 18.9 Å². The third kappa shape index (κ3) is 3.45. The molecule has 0 spiro atoms. The van der Waals surface area contributed by atoms with Gasteiger partial charge in [-0.2, -0.15) is 0 Å². The van der Waals surface area contributed by atoms with Gasteiger partial charge in [0.25, 0.3) is 0 Å². The number of carbonyl (C=O) groups is 1. The minimum Gasteiger partial charge on any atom is -0.280 e. The number of hydrogen-bond acceptors (Lipinski definition) is 1. The highest BCUT2D eigenvalue weighted by Gasteiger charge is 2.38. The Hall–Kier alpha value is -3.13. The number of nitrogens with zero attached hydrogens (tertiary/aromatic N) is 1. The smallest absolute Gasteiger partial charge is 0.242 e. The van der Waals surface area contributed by atoms with Crippen LogP contribution in [0.2, 0.25) is 0 Å². The number of amides is 1. The van der Waals surface area contributed by atoms with Crippen LogP contribution in [0.3, 0.4) is 0 Å². The summed E-state index contributed by atoms with van der Waals surface area (Å²) in [6.07, 6.45) is 2.38. The maximum Gasteiger partial charge on any atom is 0.242 e. The maximum atomic E-state index is 13.8. The third-order valence-electron chi connectivity index (χ3n) is 4.67. The molecule has 0 N–H and O–H groups in total. The van der Waals surface area contributed by atoms with E-state index in [1.165, 1.54) is 0 Å². The van der Waals surface area contributed by atoms with Crippen LogP contribution in [-0.2, 0) is 10.2 Å². The second kappa shape index (κ2) is 7.83.